The number of carbonyl (C=O) groups is 1. The third-order valence-electron chi connectivity index (χ3n) is 3.60. The number of nitrogens with one attached hydrogen (secondary N) is 2. The van der Waals surface area contributed by atoms with E-state index in [0.29, 0.717) is 18.1 Å². The first-order valence-corrected chi connectivity index (χ1v) is 7.79. The van der Waals surface area contributed by atoms with Crippen molar-refractivity contribution in [1.82, 2.24) is 15.5 Å². The standard InChI is InChI=1S/C14H16Cl2F3N3O/c15-9-1-2-10(11(16)7-9)13(23)21-8-12(14(17,18)19)22-5-3-20-4-6-22/h1-2,7,12,20H,3-6,8H2,(H,21,23). The molecule has 0 bridgehead atoms. The maximum Gasteiger partial charge on any atom is 0.405 e. The lowest BCUT2D eigenvalue weighted by molar-refractivity contribution is -0.183. The largest absolute Gasteiger partial charge is 0.405 e. The number of rotatable bonds is 4. The average Bonchev–Trinajstić information content (AvgIpc) is 2.47. The number of nitrogens with zero attached hydrogens (tertiary/aromatic N) is 1. The molecule has 128 valence electrons. The van der Waals surface area contributed by atoms with Gasteiger partial charge in [0.25, 0.3) is 5.91 Å². The number of hydrogen-bond acceptors (Lipinski definition) is 3. The number of benzene rings is 1. The smallest absolute Gasteiger partial charge is 0.350 e. The summed E-state index contributed by atoms with van der Waals surface area (Å²) in [5.41, 5.74) is 0.0947. The molecule has 0 saturated carbocycles. The van der Waals surface area contributed by atoms with E-state index in [1.54, 1.807) is 0 Å². The third-order valence-corrected chi connectivity index (χ3v) is 4.15. The highest BCUT2D eigenvalue weighted by Gasteiger charge is 2.43. The second-order valence-electron chi connectivity index (χ2n) is 5.18. The number of amides is 1. The van der Waals surface area contributed by atoms with Gasteiger partial charge in [-0.05, 0) is 18.2 Å². The van der Waals surface area contributed by atoms with E-state index in [-0.39, 0.29) is 23.7 Å². The molecule has 23 heavy (non-hydrogen) atoms. The molecule has 1 atom stereocenters. The van der Waals surface area contributed by atoms with Gasteiger partial charge in [0, 0.05) is 37.7 Å². The van der Waals surface area contributed by atoms with Gasteiger partial charge in [-0.1, -0.05) is 23.2 Å². The van der Waals surface area contributed by atoms with Crippen LogP contribution in [0.2, 0.25) is 10.0 Å². The van der Waals surface area contributed by atoms with Gasteiger partial charge >= 0.3 is 6.18 Å². The van der Waals surface area contributed by atoms with E-state index in [1.165, 1.54) is 23.1 Å². The van der Waals surface area contributed by atoms with Crippen molar-refractivity contribution in [2.45, 2.75) is 12.2 Å². The zero-order valence-electron chi connectivity index (χ0n) is 12.1. The predicted molar refractivity (Wildman–Crippen MR) is 83.1 cm³/mol. The van der Waals surface area contributed by atoms with Crippen LogP contribution in [0.3, 0.4) is 0 Å². The van der Waals surface area contributed by atoms with Crippen LogP contribution < -0.4 is 10.6 Å². The molecule has 4 nitrogen and oxygen atoms in total. The van der Waals surface area contributed by atoms with Gasteiger partial charge in [-0.2, -0.15) is 13.2 Å². The Morgan fingerprint density at radius 2 is 1.96 bits per heavy atom. The fourth-order valence-corrected chi connectivity index (χ4v) is 2.90. The molecule has 0 spiro atoms. The van der Waals surface area contributed by atoms with Crippen LogP contribution in [0.1, 0.15) is 10.4 Å². The summed E-state index contributed by atoms with van der Waals surface area (Å²) in [6, 6.07) is 2.49. The minimum absolute atomic E-state index is 0.0947. The molecular weight excluding hydrogens is 354 g/mol. The molecule has 1 fully saturated rings. The highest BCUT2D eigenvalue weighted by molar-refractivity contribution is 6.36. The van der Waals surface area contributed by atoms with Crippen LogP contribution in [0.5, 0.6) is 0 Å². The Hall–Kier alpha value is -1.02. The van der Waals surface area contributed by atoms with Gasteiger partial charge in [0.15, 0.2) is 0 Å². The highest BCUT2D eigenvalue weighted by atomic mass is 35.5. The van der Waals surface area contributed by atoms with Gasteiger partial charge in [0.1, 0.15) is 6.04 Å². The van der Waals surface area contributed by atoms with Crippen molar-refractivity contribution in [3.63, 3.8) is 0 Å². The van der Waals surface area contributed by atoms with Gasteiger partial charge in [-0.3, -0.25) is 9.69 Å². The number of carbonyl (C=O) groups excluding carboxylic acids is 1. The molecule has 9 heteroatoms. The van der Waals surface area contributed by atoms with E-state index >= 15 is 0 Å². The van der Waals surface area contributed by atoms with E-state index in [9.17, 15) is 18.0 Å². The van der Waals surface area contributed by atoms with Gasteiger partial charge in [-0.25, -0.2) is 0 Å². The Labute approximate surface area is 141 Å². The summed E-state index contributed by atoms with van der Waals surface area (Å²) < 4.78 is 39.7. The van der Waals surface area contributed by atoms with E-state index in [4.69, 9.17) is 23.2 Å². The first-order valence-electron chi connectivity index (χ1n) is 7.04. The van der Waals surface area contributed by atoms with Crippen LogP contribution in [0.4, 0.5) is 13.2 Å². The SMILES string of the molecule is O=C(NCC(N1CCNCC1)C(F)(F)F)c1ccc(Cl)cc1Cl. The van der Waals surface area contributed by atoms with E-state index in [2.05, 4.69) is 10.6 Å². The van der Waals surface area contributed by atoms with Crippen LogP contribution in [0.15, 0.2) is 18.2 Å². The molecule has 0 aliphatic carbocycles. The van der Waals surface area contributed by atoms with E-state index in [0.717, 1.165) is 0 Å². The summed E-state index contributed by atoms with van der Waals surface area (Å²) >= 11 is 11.6. The first kappa shape index (κ1) is 18.3. The minimum Gasteiger partial charge on any atom is -0.350 e. The number of alkyl halides is 3. The maximum absolute atomic E-state index is 13.2. The second kappa shape index (κ2) is 7.70. The van der Waals surface area contributed by atoms with Crippen LogP contribution in [-0.2, 0) is 0 Å². The summed E-state index contributed by atoms with van der Waals surface area (Å²) in [6.07, 6.45) is -4.42. The molecule has 2 N–H and O–H groups in total. The molecule has 1 aromatic carbocycles. The molecule has 1 aromatic rings. The topological polar surface area (TPSA) is 44.4 Å². The minimum atomic E-state index is -4.42. The fraction of sp³-hybridized carbons (Fsp3) is 0.500. The van der Waals surface area contributed by atoms with Crippen molar-refractivity contribution in [2.75, 3.05) is 32.7 Å². The monoisotopic (exact) mass is 369 g/mol. The molecule has 1 heterocycles. The van der Waals surface area contributed by atoms with Crippen molar-refractivity contribution in [1.29, 1.82) is 0 Å². The summed E-state index contributed by atoms with van der Waals surface area (Å²) in [5, 5.41) is 5.76. The molecule has 1 unspecified atom stereocenters. The predicted octanol–water partition coefficient (Wildman–Crippen LogP) is 2.56. The molecular formula is C14H16Cl2F3N3O. The van der Waals surface area contributed by atoms with Crippen molar-refractivity contribution in [3.8, 4) is 0 Å². The molecule has 1 saturated heterocycles. The Kier molecular flexibility index (Phi) is 6.13. The molecule has 2 rings (SSSR count). The molecule has 0 radical (unpaired) electrons. The quantitative estimate of drug-likeness (QED) is 0.857. The van der Waals surface area contributed by atoms with Gasteiger partial charge in [0.05, 0.1) is 10.6 Å². The summed E-state index contributed by atoms with van der Waals surface area (Å²) in [5.74, 6) is -0.656. The zero-order chi connectivity index (χ0) is 17.0. The lowest BCUT2D eigenvalue weighted by Gasteiger charge is -2.35. The first-order chi connectivity index (χ1) is 10.8. The van der Waals surface area contributed by atoms with Crippen LogP contribution >= 0.6 is 23.2 Å². The Morgan fingerprint density at radius 1 is 1.30 bits per heavy atom. The Bertz CT molecular complexity index is 563. The van der Waals surface area contributed by atoms with Crippen LogP contribution in [0, 0.1) is 0 Å². The lowest BCUT2D eigenvalue weighted by atomic mass is 10.1. The second-order valence-corrected chi connectivity index (χ2v) is 6.02. The van der Waals surface area contributed by atoms with Crippen LogP contribution in [-0.4, -0.2) is 55.7 Å². The maximum atomic E-state index is 13.2. The number of hydrogen-bond donors (Lipinski definition) is 2. The van der Waals surface area contributed by atoms with E-state index in [1.807, 2.05) is 0 Å². The van der Waals surface area contributed by atoms with Crippen molar-refractivity contribution in [2.24, 2.45) is 0 Å². The Morgan fingerprint density at radius 3 is 2.52 bits per heavy atom. The summed E-state index contributed by atoms with van der Waals surface area (Å²) in [4.78, 5) is 13.4. The normalized spacial score (nSPS) is 17.8. The summed E-state index contributed by atoms with van der Waals surface area (Å²) in [6.45, 7) is 1.01. The Balaban J connectivity index is 2.04. The molecule has 0 aromatic heterocycles. The van der Waals surface area contributed by atoms with E-state index < -0.39 is 24.7 Å². The van der Waals surface area contributed by atoms with Crippen molar-refractivity contribution in [3.05, 3.63) is 33.8 Å². The zero-order valence-corrected chi connectivity index (χ0v) is 13.6. The number of piperazine rings is 1. The lowest BCUT2D eigenvalue weighted by Crippen LogP contribution is -2.57. The average molecular weight is 370 g/mol. The third kappa shape index (κ3) is 4.97. The van der Waals surface area contributed by atoms with Gasteiger partial charge in [0.2, 0.25) is 0 Å². The summed E-state index contributed by atoms with van der Waals surface area (Å²) in [7, 11) is 0. The van der Waals surface area contributed by atoms with Gasteiger partial charge < -0.3 is 10.6 Å². The molecule has 1 aliphatic rings. The van der Waals surface area contributed by atoms with Crippen molar-refractivity contribution >= 4 is 29.1 Å². The molecule has 1 amide bonds. The molecule has 1 aliphatic heterocycles. The fourth-order valence-electron chi connectivity index (χ4n) is 2.40. The number of halogens is 5. The van der Waals surface area contributed by atoms with Crippen molar-refractivity contribution < 1.29 is 18.0 Å². The highest BCUT2D eigenvalue weighted by Crippen LogP contribution is 2.25. The van der Waals surface area contributed by atoms with Gasteiger partial charge in [-0.15, -0.1) is 0 Å². The van der Waals surface area contributed by atoms with Crippen LogP contribution in [0.25, 0.3) is 0 Å².